The largest absolute Gasteiger partial charge is 0.479 e. The molecule has 0 aromatic carbocycles. The van der Waals surface area contributed by atoms with Crippen LogP contribution < -0.4 is 0 Å². The molecule has 2 unspecified atom stereocenters. The number of hydrogen-bond acceptors (Lipinski definition) is 4. The Hall–Kier alpha value is -1.17. The fraction of sp³-hybridized carbons (Fsp3) is 0.833. The molecule has 0 bridgehead atoms. The Kier molecular flexibility index (Phi) is 4.20. The predicted molar refractivity (Wildman–Crippen MR) is 39.3 cm³/mol. The highest BCUT2D eigenvalue weighted by molar-refractivity contribution is 5.72. The standard InChI is InChI=1S/C6H11NO5/c1-2-3-4(7(11)12)5(8)6(9)10/h4-5,8H,2-3H2,1H3,(H,9,10). The molecule has 0 fully saturated rings. The fourth-order valence-electron chi connectivity index (χ4n) is 0.839. The number of aliphatic carboxylic acids is 1. The van der Waals surface area contributed by atoms with Crippen LogP contribution in [-0.4, -0.2) is 33.3 Å². The first-order valence-electron chi connectivity index (χ1n) is 3.55. The third-order valence-electron chi connectivity index (χ3n) is 1.47. The van der Waals surface area contributed by atoms with Crippen molar-refractivity contribution in [1.29, 1.82) is 0 Å². The summed E-state index contributed by atoms with van der Waals surface area (Å²) in [6.45, 7) is 1.69. The van der Waals surface area contributed by atoms with Crippen LogP contribution in [-0.2, 0) is 4.79 Å². The van der Waals surface area contributed by atoms with Gasteiger partial charge in [-0.05, 0) is 6.42 Å². The molecular weight excluding hydrogens is 166 g/mol. The van der Waals surface area contributed by atoms with Gasteiger partial charge < -0.3 is 10.2 Å². The van der Waals surface area contributed by atoms with Crippen LogP contribution in [0, 0.1) is 10.1 Å². The first kappa shape index (κ1) is 10.8. The summed E-state index contributed by atoms with van der Waals surface area (Å²) in [6.07, 6.45) is -1.36. The molecule has 0 aromatic heterocycles. The zero-order valence-corrected chi connectivity index (χ0v) is 6.64. The van der Waals surface area contributed by atoms with Crippen molar-refractivity contribution in [3.63, 3.8) is 0 Å². The Bertz CT molecular complexity index is 181. The average Bonchev–Trinajstić information content (AvgIpc) is 1.98. The minimum absolute atomic E-state index is 0.0699. The monoisotopic (exact) mass is 177 g/mol. The van der Waals surface area contributed by atoms with Crippen molar-refractivity contribution in [2.75, 3.05) is 0 Å². The van der Waals surface area contributed by atoms with Gasteiger partial charge in [-0.1, -0.05) is 6.92 Å². The molecule has 0 aliphatic carbocycles. The van der Waals surface area contributed by atoms with Crippen molar-refractivity contribution in [3.05, 3.63) is 10.1 Å². The van der Waals surface area contributed by atoms with Gasteiger partial charge in [0.15, 0.2) is 0 Å². The third kappa shape index (κ3) is 2.83. The van der Waals surface area contributed by atoms with Gasteiger partial charge in [0.2, 0.25) is 12.1 Å². The lowest BCUT2D eigenvalue weighted by Crippen LogP contribution is -2.39. The number of carboxylic acid groups (broad SMARTS) is 1. The number of aliphatic hydroxyl groups excluding tert-OH is 1. The van der Waals surface area contributed by atoms with E-state index in [2.05, 4.69) is 0 Å². The Morgan fingerprint density at radius 3 is 2.42 bits per heavy atom. The molecule has 0 rings (SSSR count). The second kappa shape index (κ2) is 4.66. The molecule has 0 amide bonds. The molecule has 12 heavy (non-hydrogen) atoms. The highest BCUT2D eigenvalue weighted by atomic mass is 16.6. The molecule has 0 aromatic rings. The van der Waals surface area contributed by atoms with E-state index in [-0.39, 0.29) is 6.42 Å². The van der Waals surface area contributed by atoms with Gasteiger partial charge in [0, 0.05) is 11.3 Å². The van der Waals surface area contributed by atoms with Crippen LogP contribution in [0.25, 0.3) is 0 Å². The number of rotatable bonds is 5. The van der Waals surface area contributed by atoms with Crippen LogP contribution in [0.5, 0.6) is 0 Å². The highest BCUT2D eigenvalue weighted by Crippen LogP contribution is 2.06. The van der Waals surface area contributed by atoms with Gasteiger partial charge in [0.25, 0.3) is 0 Å². The molecule has 2 atom stereocenters. The molecule has 0 radical (unpaired) electrons. The van der Waals surface area contributed by atoms with Crippen LogP contribution in [0.15, 0.2) is 0 Å². The number of aliphatic hydroxyl groups is 1. The summed E-state index contributed by atoms with van der Waals surface area (Å²) in [7, 11) is 0. The van der Waals surface area contributed by atoms with E-state index in [4.69, 9.17) is 10.2 Å². The molecule has 0 heterocycles. The molecule has 70 valence electrons. The summed E-state index contributed by atoms with van der Waals surface area (Å²) >= 11 is 0. The van der Waals surface area contributed by atoms with Crippen molar-refractivity contribution >= 4 is 5.97 Å². The SMILES string of the molecule is CCCC(C(O)C(=O)O)[N+](=O)[O-]. The summed E-state index contributed by atoms with van der Waals surface area (Å²) in [5.74, 6) is -1.55. The van der Waals surface area contributed by atoms with Crippen LogP contribution in [0.4, 0.5) is 0 Å². The van der Waals surface area contributed by atoms with Gasteiger partial charge in [0.1, 0.15) is 0 Å². The Morgan fingerprint density at radius 1 is 1.67 bits per heavy atom. The zero-order valence-electron chi connectivity index (χ0n) is 6.64. The molecule has 0 aliphatic rings. The molecule has 6 nitrogen and oxygen atoms in total. The van der Waals surface area contributed by atoms with Gasteiger partial charge >= 0.3 is 5.97 Å². The number of nitrogens with zero attached hydrogens (tertiary/aromatic N) is 1. The second-order valence-corrected chi connectivity index (χ2v) is 2.42. The quantitative estimate of drug-likeness (QED) is 0.450. The summed E-state index contributed by atoms with van der Waals surface area (Å²) in [5.41, 5.74) is 0. The minimum atomic E-state index is -1.90. The van der Waals surface area contributed by atoms with Crippen molar-refractivity contribution in [2.45, 2.75) is 31.9 Å². The zero-order chi connectivity index (χ0) is 9.72. The summed E-state index contributed by atoms with van der Waals surface area (Å²) in [6, 6.07) is -1.40. The van der Waals surface area contributed by atoms with E-state index in [1.807, 2.05) is 0 Å². The lowest BCUT2D eigenvalue weighted by molar-refractivity contribution is -0.532. The van der Waals surface area contributed by atoms with Crippen LogP contribution in [0.1, 0.15) is 19.8 Å². The predicted octanol–water partition coefficient (Wildman–Crippen LogP) is -0.123. The highest BCUT2D eigenvalue weighted by Gasteiger charge is 2.34. The van der Waals surface area contributed by atoms with Crippen LogP contribution in [0.3, 0.4) is 0 Å². The number of nitro groups is 1. The molecule has 0 spiro atoms. The van der Waals surface area contributed by atoms with Crippen molar-refractivity contribution in [1.82, 2.24) is 0 Å². The lowest BCUT2D eigenvalue weighted by atomic mass is 10.1. The smallest absolute Gasteiger partial charge is 0.339 e. The molecular formula is C6H11NO5. The fourth-order valence-corrected chi connectivity index (χ4v) is 0.839. The van der Waals surface area contributed by atoms with Gasteiger partial charge in [-0.25, -0.2) is 4.79 Å². The second-order valence-electron chi connectivity index (χ2n) is 2.42. The normalized spacial score (nSPS) is 15.2. The summed E-state index contributed by atoms with van der Waals surface area (Å²) in [4.78, 5) is 19.6. The minimum Gasteiger partial charge on any atom is -0.479 e. The first-order chi connectivity index (χ1) is 5.50. The van der Waals surface area contributed by atoms with E-state index < -0.39 is 23.0 Å². The van der Waals surface area contributed by atoms with E-state index in [0.29, 0.717) is 6.42 Å². The van der Waals surface area contributed by atoms with Crippen LogP contribution >= 0.6 is 0 Å². The Labute approximate surface area is 69.0 Å². The number of carboxylic acids is 1. The van der Waals surface area contributed by atoms with Gasteiger partial charge in [-0.15, -0.1) is 0 Å². The maximum Gasteiger partial charge on any atom is 0.339 e. The topological polar surface area (TPSA) is 101 Å². The van der Waals surface area contributed by atoms with E-state index in [9.17, 15) is 14.9 Å². The van der Waals surface area contributed by atoms with Crippen molar-refractivity contribution in [2.24, 2.45) is 0 Å². The Balaban J connectivity index is 4.28. The van der Waals surface area contributed by atoms with E-state index in [1.54, 1.807) is 6.92 Å². The van der Waals surface area contributed by atoms with Crippen molar-refractivity contribution in [3.8, 4) is 0 Å². The molecule has 0 saturated carbocycles. The van der Waals surface area contributed by atoms with Gasteiger partial charge in [0.05, 0.1) is 0 Å². The molecule has 2 N–H and O–H groups in total. The summed E-state index contributed by atoms with van der Waals surface area (Å²) in [5, 5.41) is 27.3. The maximum atomic E-state index is 10.2. The lowest BCUT2D eigenvalue weighted by Gasteiger charge is -2.10. The average molecular weight is 177 g/mol. The third-order valence-corrected chi connectivity index (χ3v) is 1.47. The van der Waals surface area contributed by atoms with E-state index >= 15 is 0 Å². The number of hydrogen-bond donors (Lipinski definition) is 2. The van der Waals surface area contributed by atoms with E-state index in [1.165, 1.54) is 0 Å². The van der Waals surface area contributed by atoms with Crippen molar-refractivity contribution < 1.29 is 19.9 Å². The van der Waals surface area contributed by atoms with Gasteiger partial charge in [-0.3, -0.25) is 10.1 Å². The molecule has 6 heteroatoms. The molecule has 0 saturated heterocycles. The maximum absolute atomic E-state index is 10.2. The molecule has 0 aliphatic heterocycles. The number of carbonyl (C=O) groups is 1. The first-order valence-corrected chi connectivity index (χ1v) is 3.55. The van der Waals surface area contributed by atoms with E-state index in [0.717, 1.165) is 0 Å². The van der Waals surface area contributed by atoms with Crippen LogP contribution in [0.2, 0.25) is 0 Å². The Morgan fingerprint density at radius 2 is 2.17 bits per heavy atom. The van der Waals surface area contributed by atoms with Gasteiger partial charge in [-0.2, -0.15) is 0 Å². The summed E-state index contributed by atoms with van der Waals surface area (Å²) < 4.78 is 0.